The van der Waals surface area contributed by atoms with E-state index in [4.69, 9.17) is 0 Å². The summed E-state index contributed by atoms with van der Waals surface area (Å²) >= 11 is 0. The quantitative estimate of drug-likeness (QED) is 0.542. The van der Waals surface area contributed by atoms with E-state index in [-0.39, 0.29) is 6.03 Å². The number of carbonyl (C=O) groups excluding carboxylic acids is 1. The van der Waals surface area contributed by atoms with Crippen LogP contribution >= 0.6 is 0 Å². The molecule has 0 bridgehead atoms. The lowest BCUT2D eigenvalue weighted by molar-refractivity contribution is 0.0798. The Morgan fingerprint density at radius 3 is 2.35 bits per heavy atom. The molecule has 0 saturated carbocycles. The van der Waals surface area contributed by atoms with E-state index in [0.29, 0.717) is 32.7 Å². The van der Waals surface area contributed by atoms with Crippen LogP contribution in [-0.2, 0) is 0 Å². The van der Waals surface area contributed by atoms with E-state index in [9.17, 15) is 15.0 Å². The molecule has 1 aliphatic heterocycles. The Bertz CT molecular complexity index is 236. The molecule has 2 unspecified atom stereocenters. The SMILES string of the molecule is CC(O)CN(CCN1CCNC1=O)CC(C)O. The molecule has 2 amide bonds. The van der Waals surface area contributed by atoms with Gasteiger partial charge >= 0.3 is 6.03 Å². The summed E-state index contributed by atoms with van der Waals surface area (Å²) in [6.07, 6.45) is -0.859. The second-order valence-corrected chi connectivity index (χ2v) is 4.68. The normalized spacial score (nSPS) is 19.6. The second-order valence-electron chi connectivity index (χ2n) is 4.68. The third-order valence-electron chi connectivity index (χ3n) is 2.68. The number of hydrogen-bond donors (Lipinski definition) is 3. The molecule has 17 heavy (non-hydrogen) atoms. The highest BCUT2D eigenvalue weighted by Crippen LogP contribution is 2.00. The van der Waals surface area contributed by atoms with E-state index in [0.717, 1.165) is 6.54 Å². The highest BCUT2D eigenvalue weighted by atomic mass is 16.3. The summed E-state index contributed by atoms with van der Waals surface area (Å²) in [5.41, 5.74) is 0. The maximum atomic E-state index is 11.3. The topological polar surface area (TPSA) is 76.0 Å². The summed E-state index contributed by atoms with van der Waals surface area (Å²) in [5.74, 6) is 0. The lowest BCUT2D eigenvalue weighted by Gasteiger charge is -2.26. The first-order valence-electron chi connectivity index (χ1n) is 6.10. The van der Waals surface area contributed by atoms with Crippen molar-refractivity contribution in [2.45, 2.75) is 26.1 Å². The van der Waals surface area contributed by atoms with Crippen LogP contribution < -0.4 is 5.32 Å². The van der Waals surface area contributed by atoms with Crippen molar-refractivity contribution in [2.75, 3.05) is 39.3 Å². The minimum Gasteiger partial charge on any atom is -0.392 e. The molecule has 1 aliphatic rings. The Kier molecular flexibility index (Phi) is 5.67. The molecule has 1 saturated heterocycles. The van der Waals surface area contributed by atoms with E-state index >= 15 is 0 Å². The molecule has 100 valence electrons. The fourth-order valence-corrected chi connectivity index (χ4v) is 1.99. The summed E-state index contributed by atoms with van der Waals surface area (Å²) in [4.78, 5) is 15.0. The Labute approximate surface area is 102 Å². The predicted molar refractivity (Wildman–Crippen MR) is 64.8 cm³/mol. The first-order valence-corrected chi connectivity index (χ1v) is 6.10. The highest BCUT2D eigenvalue weighted by Gasteiger charge is 2.20. The number of urea groups is 1. The van der Waals surface area contributed by atoms with Gasteiger partial charge < -0.3 is 20.4 Å². The average Bonchev–Trinajstić information content (AvgIpc) is 2.59. The van der Waals surface area contributed by atoms with Crippen LogP contribution in [0.25, 0.3) is 0 Å². The van der Waals surface area contributed by atoms with Crippen molar-refractivity contribution in [2.24, 2.45) is 0 Å². The summed E-state index contributed by atoms with van der Waals surface area (Å²) in [7, 11) is 0. The predicted octanol–water partition coefficient (Wildman–Crippen LogP) is -0.925. The summed E-state index contributed by atoms with van der Waals surface area (Å²) < 4.78 is 0. The van der Waals surface area contributed by atoms with Gasteiger partial charge in [-0.25, -0.2) is 4.79 Å². The highest BCUT2D eigenvalue weighted by molar-refractivity contribution is 5.76. The molecule has 6 heteroatoms. The van der Waals surface area contributed by atoms with Crippen molar-refractivity contribution < 1.29 is 15.0 Å². The number of nitrogens with one attached hydrogen (secondary N) is 1. The molecular formula is C11H23N3O3. The fraction of sp³-hybridized carbons (Fsp3) is 0.909. The summed E-state index contributed by atoms with van der Waals surface area (Å²) in [5, 5.41) is 21.5. The van der Waals surface area contributed by atoms with Crippen molar-refractivity contribution in [1.82, 2.24) is 15.1 Å². The molecule has 6 nitrogen and oxygen atoms in total. The maximum absolute atomic E-state index is 11.3. The number of carbonyl (C=O) groups is 1. The van der Waals surface area contributed by atoms with Crippen molar-refractivity contribution in [3.05, 3.63) is 0 Å². The van der Waals surface area contributed by atoms with Crippen LogP contribution in [0.15, 0.2) is 0 Å². The molecular weight excluding hydrogens is 222 g/mol. The van der Waals surface area contributed by atoms with Crippen molar-refractivity contribution >= 4 is 6.03 Å². The number of amides is 2. The molecule has 0 aromatic heterocycles. The molecule has 0 aliphatic carbocycles. The molecule has 0 aromatic carbocycles. The van der Waals surface area contributed by atoms with Crippen LogP contribution in [0.2, 0.25) is 0 Å². The van der Waals surface area contributed by atoms with E-state index in [1.54, 1.807) is 18.7 Å². The molecule has 1 heterocycles. The fourth-order valence-electron chi connectivity index (χ4n) is 1.99. The molecule has 3 N–H and O–H groups in total. The molecule has 0 radical (unpaired) electrons. The van der Waals surface area contributed by atoms with Crippen LogP contribution in [-0.4, -0.2) is 77.5 Å². The standard InChI is InChI=1S/C11H23N3O3/c1-9(15)7-13(8-10(2)16)5-6-14-4-3-12-11(14)17/h9-10,15-16H,3-8H2,1-2H3,(H,12,17). The van der Waals surface area contributed by atoms with Gasteiger partial charge in [-0.2, -0.15) is 0 Å². The van der Waals surface area contributed by atoms with Gasteiger partial charge in [0.15, 0.2) is 0 Å². The Hall–Kier alpha value is -0.850. The van der Waals surface area contributed by atoms with Gasteiger partial charge in [0.1, 0.15) is 0 Å². The number of rotatable bonds is 7. The molecule has 2 atom stereocenters. The number of aliphatic hydroxyl groups excluding tert-OH is 2. The molecule has 0 spiro atoms. The lowest BCUT2D eigenvalue weighted by Crippen LogP contribution is -2.42. The van der Waals surface area contributed by atoms with Crippen LogP contribution in [0, 0.1) is 0 Å². The zero-order valence-corrected chi connectivity index (χ0v) is 10.6. The third-order valence-corrected chi connectivity index (χ3v) is 2.68. The van der Waals surface area contributed by atoms with Crippen LogP contribution in [0.4, 0.5) is 4.79 Å². The van der Waals surface area contributed by atoms with Gasteiger partial charge in [0, 0.05) is 39.3 Å². The van der Waals surface area contributed by atoms with Crippen molar-refractivity contribution in [3.8, 4) is 0 Å². The van der Waals surface area contributed by atoms with Crippen LogP contribution in [0.1, 0.15) is 13.8 Å². The Morgan fingerprint density at radius 2 is 1.94 bits per heavy atom. The largest absolute Gasteiger partial charge is 0.392 e. The van der Waals surface area contributed by atoms with Gasteiger partial charge in [0.25, 0.3) is 0 Å². The Balaban J connectivity index is 2.34. The zero-order chi connectivity index (χ0) is 12.8. The molecule has 1 rings (SSSR count). The second kappa shape index (κ2) is 6.78. The van der Waals surface area contributed by atoms with E-state index in [2.05, 4.69) is 5.32 Å². The van der Waals surface area contributed by atoms with Gasteiger partial charge in [-0.3, -0.25) is 4.90 Å². The van der Waals surface area contributed by atoms with Gasteiger partial charge in [-0.1, -0.05) is 0 Å². The van der Waals surface area contributed by atoms with Crippen LogP contribution in [0.3, 0.4) is 0 Å². The van der Waals surface area contributed by atoms with E-state index in [1.807, 2.05) is 4.90 Å². The van der Waals surface area contributed by atoms with Crippen molar-refractivity contribution in [3.63, 3.8) is 0 Å². The van der Waals surface area contributed by atoms with Gasteiger partial charge in [0.2, 0.25) is 0 Å². The number of hydrogen-bond acceptors (Lipinski definition) is 4. The van der Waals surface area contributed by atoms with Crippen molar-refractivity contribution in [1.29, 1.82) is 0 Å². The summed E-state index contributed by atoms with van der Waals surface area (Å²) in [6, 6.07) is -0.0287. The minimum absolute atomic E-state index is 0.0287. The molecule has 0 aromatic rings. The van der Waals surface area contributed by atoms with Gasteiger partial charge in [0.05, 0.1) is 12.2 Å². The number of nitrogens with zero attached hydrogens (tertiary/aromatic N) is 2. The zero-order valence-electron chi connectivity index (χ0n) is 10.6. The van der Waals surface area contributed by atoms with Gasteiger partial charge in [-0.05, 0) is 13.8 Å². The molecule has 1 fully saturated rings. The van der Waals surface area contributed by atoms with E-state index < -0.39 is 12.2 Å². The smallest absolute Gasteiger partial charge is 0.317 e. The third kappa shape index (κ3) is 5.34. The van der Waals surface area contributed by atoms with Gasteiger partial charge in [-0.15, -0.1) is 0 Å². The first kappa shape index (κ1) is 14.2. The minimum atomic E-state index is -0.429. The maximum Gasteiger partial charge on any atom is 0.317 e. The summed E-state index contributed by atoms with van der Waals surface area (Å²) in [6.45, 7) is 7.20. The first-order chi connectivity index (χ1) is 7.99. The monoisotopic (exact) mass is 245 g/mol. The Morgan fingerprint density at radius 1 is 1.35 bits per heavy atom. The van der Waals surface area contributed by atoms with Crippen LogP contribution in [0.5, 0.6) is 0 Å². The average molecular weight is 245 g/mol. The van der Waals surface area contributed by atoms with E-state index in [1.165, 1.54) is 0 Å². The lowest BCUT2D eigenvalue weighted by atomic mass is 10.3. The number of aliphatic hydroxyl groups is 2.